The lowest BCUT2D eigenvalue weighted by Gasteiger charge is -2.25. The van der Waals surface area contributed by atoms with Gasteiger partial charge in [0.1, 0.15) is 5.75 Å². The third-order valence-corrected chi connectivity index (χ3v) is 5.15. The van der Waals surface area contributed by atoms with Crippen LogP contribution >= 0.6 is 7.60 Å². The number of hydrogen-bond donors (Lipinski definition) is 0. The quantitative estimate of drug-likeness (QED) is 0.618. The molecule has 1 aliphatic rings. The Kier molecular flexibility index (Phi) is 4.74. The molecule has 5 nitrogen and oxygen atoms in total. The number of rotatable bonds is 2. The summed E-state index contributed by atoms with van der Waals surface area (Å²) in [6, 6.07) is 8.85. The molecule has 0 bridgehead atoms. The minimum absolute atomic E-state index is 0.0107. The van der Waals surface area contributed by atoms with Crippen LogP contribution in [0.4, 0.5) is 0 Å². The third kappa shape index (κ3) is 4.58. The molecule has 116 valence electrons. The van der Waals surface area contributed by atoms with Crippen molar-refractivity contribution in [2.45, 2.75) is 20.8 Å². The van der Waals surface area contributed by atoms with Gasteiger partial charge in [-0.2, -0.15) is 0 Å². The van der Waals surface area contributed by atoms with E-state index in [9.17, 15) is 9.36 Å². The maximum atomic E-state index is 12.9. The minimum Gasteiger partial charge on any atom is -0.465 e. The topological polar surface area (TPSA) is 61.8 Å². The van der Waals surface area contributed by atoms with E-state index in [1.807, 2.05) is 19.9 Å². The van der Waals surface area contributed by atoms with Crippen LogP contribution in [0, 0.1) is 11.3 Å². The van der Waals surface area contributed by atoms with Gasteiger partial charge < -0.3 is 9.26 Å². The van der Waals surface area contributed by atoms with Gasteiger partial charge in [0, 0.05) is 5.41 Å². The van der Waals surface area contributed by atoms with Gasteiger partial charge in [0.2, 0.25) is 0 Å². The Morgan fingerprint density at radius 3 is 2.57 bits per heavy atom. The van der Waals surface area contributed by atoms with Gasteiger partial charge in [0.05, 0.1) is 25.3 Å². The van der Waals surface area contributed by atoms with Crippen LogP contribution in [0.3, 0.4) is 0 Å². The van der Waals surface area contributed by atoms with Crippen LogP contribution in [-0.2, 0) is 18.6 Å². The van der Waals surface area contributed by atoms with E-state index in [1.165, 1.54) is 0 Å². The molecule has 0 spiro atoms. The maximum absolute atomic E-state index is 12.9. The van der Waals surface area contributed by atoms with E-state index >= 15 is 0 Å². The van der Waals surface area contributed by atoms with Crippen LogP contribution in [0.5, 0.6) is 5.75 Å². The molecule has 1 aliphatic heterocycles. The first-order valence-electron chi connectivity index (χ1n) is 6.95. The van der Waals surface area contributed by atoms with E-state index in [0.29, 0.717) is 5.75 Å². The van der Waals surface area contributed by atoms with Crippen molar-refractivity contribution in [1.29, 1.82) is 0 Å². The molecule has 1 heterocycles. The van der Waals surface area contributed by atoms with Crippen LogP contribution in [0.15, 0.2) is 30.3 Å². The second kappa shape index (κ2) is 6.20. The number of benzene rings is 1. The Balaban J connectivity index is 2.22. The zero-order chi connectivity index (χ0) is 15.5. The summed E-state index contributed by atoms with van der Waals surface area (Å²) in [4.78, 5) is 11.9. The molecule has 2 rings (SSSR count). The van der Waals surface area contributed by atoms with Crippen molar-refractivity contribution < 1.29 is 23.1 Å². The van der Waals surface area contributed by atoms with Crippen molar-refractivity contribution in [1.82, 2.24) is 0 Å². The van der Waals surface area contributed by atoms with Gasteiger partial charge in [-0.3, -0.25) is 9.32 Å². The van der Waals surface area contributed by atoms with Crippen molar-refractivity contribution in [2.75, 3.05) is 19.4 Å². The van der Waals surface area contributed by atoms with Crippen molar-refractivity contribution >= 4 is 13.6 Å². The molecule has 1 fully saturated rings. The Morgan fingerprint density at radius 1 is 1.24 bits per heavy atom. The van der Waals surface area contributed by atoms with Gasteiger partial charge in [-0.05, 0) is 12.1 Å². The number of hydrogen-bond acceptors (Lipinski definition) is 5. The van der Waals surface area contributed by atoms with E-state index in [4.69, 9.17) is 13.8 Å². The summed E-state index contributed by atoms with van der Waals surface area (Å²) in [6.07, 6.45) is 0.0107. The Labute approximate surface area is 125 Å². The number of carbonyl (C=O) groups is 1. The molecule has 1 aromatic carbocycles. The Bertz CT molecular complexity index is 540. The molecule has 6 heteroatoms. The molecule has 0 amide bonds. The Hall–Kier alpha value is -1.32. The minimum atomic E-state index is -3.41. The molecule has 21 heavy (non-hydrogen) atoms. The molecule has 0 N–H and O–H groups in total. The molecule has 1 aromatic rings. The van der Waals surface area contributed by atoms with Gasteiger partial charge >= 0.3 is 13.6 Å². The average Bonchev–Trinajstić information content (AvgIpc) is 2.46. The van der Waals surface area contributed by atoms with Crippen LogP contribution < -0.4 is 4.52 Å². The number of para-hydroxylation sites is 1. The lowest BCUT2D eigenvalue weighted by molar-refractivity contribution is -0.150. The molecule has 0 radical (unpaired) electrons. The van der Waals surface area contributed by atoms with E-state index < -0.39 is 18.9 Å². The van der Waals surface area contributed by atoms with E-state index in [-0.39, 0.29) is 25.3 Å². The lowest BCUT2D eigenvalue weighted by Crippen LogP contribution is -2.26. The fourth-order valence-corrected chi connectivity index (χ4v) is 3.93. The van der Waals surface area contributed by atoms with Gasteiger partial charge in [-0.1, -0.05) is 39.0 Å². The summed E-state index contributed by atoms with van der Waals surface area (Å²) in [5.74, 6) is -0.433. The van der Waals surface area contributed by atoms with Crippen LogP contribution in [-0.4, -0.2) is 25.3 Å². The molecule has 0 aromatic heterocycles. The predicted octanol–water partition coefficient (Wildman–Crippen LogP) is 3.49. The van der Waals surface area contributed by atoms with Gasteiger partial charge in [-0.15, -0.1) is 0 Å². The molecular weight excluding hydrogens is 291 g/mol. The molecule has 0 saturated carbocycles. The standard InChI is InChI=1S/C15H21O5P/c1-12-9-21(17,20-13-7-5-4-6-8-13)19-11-15(2,3)10-18-14(12)16/h4-8,12H,9-11H2,1-3H3. The third-order valence-electron chi connectivity index (χ3n) is 3.14. The number of carbonyl (C=O) groups excluding carboxylic acids is 1. The SMILES string of the molecule is CC1CP(=O)(Oc2ccccc2)OCC(C)(C)COC1=O. The number of cyclic esters (lactones) is 1. The summed E-state index contributed by atoms with van der Waals surface area (Å²) >= 11 is 0. The van der Waals surface area contributed by atoms with Gasteiger partial charge in [0.15, 0.2) is 0 Å². The molecular formula is C15H21O5P. The fraction of sp³-hybridized carbons (Fsp3) is 0.533. The molecule has 2 atom stereocenters. The molecule has 2 unspecified atom stereocenters. The summed E-state index contributed by atoms with van der Waals surface area (Å²) < 4.78 is 29.3. The zero-order valence-electron chi connectivity index (χ0n) is 12.6. The lowest BCUT2D eigenvalue weighted by atomic mass is 9.96. The predicted molar refractivity (Wildman–Crippen MR) is 79.4 cm³/mol. The van der Waals surface area contributed by atoms with Crippen LogP contribution in [0.1, 0.15) is 20.8 Å². The highest BCUT2D eigenvalue weighted by atomic mass is 31.2. The summed E-state index contributed by atoms with van der Waals surface area (Å²) in [5.41, 5.74) is -0.407. The summed E-state index contributed by atoms with van der Waals surface area (Å²) in [5, 5.41) is 0. The highest BCUT2D eigenvalue weighted by Gasteiger charge is 2.37. The van der Waals surface area contributed by atoms with Crippen molar-refractivity contribution in [3.63, 3.8) is 0 Å². The van der Waals surface area contributed by atoms with Crippen molar-refractivity contribution in [3.05, 3.63) is 30.3 Å². The molecule has 0 aliphatic carbocycles. The van der Waals surface area contributed by atoms with Gasteiger partial charge in [0.25, 0.3) is 0 Å². The first-order valence-corrected chi connectivity index (χ1v) is 8.67. The maximum Gasteiger partial charge on any atom is 0.380 e. The summed E-state index contributed by atoms with van der Waals surface area (Å²) in [6.45, 7) is 5.90. The van der Waals surface area contributed by atoms with Gasteiger partial charge in [-0.25, -0.2) is 4.57 Å². The Morgan fingerprint density at radius 2 is 1.90 bits per heavy atom. The first-order chi connectivity index (χ1) is 9.80. The fourth-order valence-electron chi connectivity index (χ4n) is 1.89. The highest BCUT2D eigenvalue weighted by Crippen LogP contribution is 2.51. The monoisotopic (exact) mass is 312 g/mol. The van der Waals surface area contributed by atoms with E-state index in [1.54, 1.807) is 31.2 Å². The average molecular weight is 312 g/mol. The second-order valence-electron chi connectivity index (χ2n) is 6.14. The molecule has 1 saturated heterocycles. The second-order valence-corrected chi connectivity index (χ2v) is 8.17. The van der Waals surface area contributed by atoms with Crippen LogP contribution in [0.2, 0.25) is 0 Å². The highest BCUT2D eigenvalue weighted by molar-refractivity contribution is 7.54. The largest absolute Gasteiger partial charge is 0.465 e. The first kappa shape index (κ1) is 16.1. The van der Waals surface area contributed by atoms with Crippen molar-refractivity contribution in [2.24, 2.45) is 11.3 Å². The van der Waals surface area contributed by atoms with Crippen molar-refractivity contribution in [3.8, 4) is 5.75 Å². The summed E-state index contributed by atoms with van der Waals surface area (Å²) in [7, 11) is -3.41. The smallest absolute Gasteiger partial charge is 0.380 e. The van der Waals surface area contributed by atoms with Crippen LogP contribution in [0.25, 0.3) is 0 Å². The number of ether oxygens (including phenoxy) is 1. The van der Waals surface area contributed by atoms with E-state index in [2.05, 4.69) is 0 Å². The normalized spacial score (nSPS) is 29.7. The zero-order valence-corrected chi connectivity index (χ0v) is 13.5. The van der Waals surface area contributed by atoms with E-state index in [0.717, 1.165) is 0 Å². The number of esters is 1.